The number of carboxylic acid groups (broad SMARTS) is 1. The maximum absolute atomic E-state index is 12.8. The molecule has 0 heterocycles. The van der Waals surface area contributed by atoms with Crippen LogP contribution in [0.3, 0.4) is 0 Å². The zero-order valence-electron chi connectivity index (χ0n) is 44.6. The normalized spacial score (nSPS) is 13.6. The van der Waals surface area contributed by atoms with E-state index in [1.807, 2.05) is 21.1 Å². The first-order valence-electron chi connectivity index (χ1n) is 27.4. The average Bonchev–Trinajstić information content (AvgIpc) is 3.31. The van der Waals surface area contributed by atoms with Crippen molar-refractivity contribution in [1.82, 2.24) is 0 Å². The maximum Gasteiger partial charge on any atom is 0.306 e. The quantitative estimate of drug-likeness (QED) is 0.0195. The number of esters is 2. The Morgan fingerprint density at radius 3 is 1.25 bits per heavy atom. The van der Waals surface area contributed by atoms with Crippen molar-refractivity contribution < 1.29 is 42.9 Å². The molecule has 2 unspecified atom stereocenters. The van der Waals surface area contributed by atoms with Gasteiger partial charge >= 0.3 is 11.9 Å². The highest BCUT2D eigenvalue weighted by Crippen LogP contribution is 2.14. The SMILES string of the molecule is CC/C=C\C/C=C\C/C=C\C/C=C\C/C=C\CCCCCC(=O)OC(COC(=O)CCCCCCCCCCCC/C=C\C/C=C\C/C=C\CCCCCCC)COC(OCC[N+](C)(C)C)C(=O)[O-]. The number of carboxylic acids is 1. The number of allylic oxidation sites excluding steroid dienone is 16. The number of nitrogens with zero attached hydrogens (tertiary/aromatic N) is 1. The van der Waals surface area contributed by atoms with E-state index in [0.717, 1.165) is 96.3 Å². The third kappa shape index (κ3) is 51.9. The van der Waals surface area contributed by atoms with Crippen LogP contribution in [0.1, 0.15) is 206 Å². The zero-order chi connectivity index (χ0) is 50.6. The Morgan fingerprint density at radius 1 is 0.449 bits per heavy atom. The molecule has 2 atom stereocenters. The van der Waals surface area contributed by atoms with Gasteiger partial charge in [0.15, 0.2) is 12.4 Å². The van der Waals surface area contributed by atoms with E-state index in [2.05, 4.69) is 111 Å². The molecule has 9 heteroatoms. The number of hydrogen-bond donors (Lipinski definition) is 0. The minimum Gasteiger partial charge on any atom is -0.545 e. The zero-order valence-corrected chi connectivity index (χ0v) is 44.6. The second-order valence-corrected chi connectivity index (χ2v) is 19.1. The Kier molecular flexibility index (Phi) is 47.8. The molecule has 0 fully saturated rings. The molecule has 0 aliphatic heterocycles. The molecule has 0 saturated heterocycles. The van der Waals surface area contributed by atoms with Gasteiger partial charge in [-0.05, 0) is 96.3 Å². The molecule has 0 spiro atoms. The summed E-state index contributed by atoms with van der Waals surface area (Å²) in [7, 11) is 5.90. The summed E-state index contributed by atoms with van der Waals surface area (Å²) < 4.78 is 22.6. The van der Waals surface area contributed by atoms with Crippen LogP contribution in [0.2, 0.25) is 0 Å². The summed E-state index contributed by atoms with van der Waals surface area (Å²) in [6.07, 6.45) is 64.5. The number of hydrogen-bond acceptors (Lipinski definition) is 8. The van der Waals surface area contributed by atoms with Gasteiger partial charge in [-0.1, -0.05) is 195 Å². The molecule has 9 nitrogen and oxygen atoms in total. The van der Waals surface area contributed by atoms with Crippen molar-refractivity contribution in [1.29, 1.82) is 0 Å². The van der Waals surface area contributed by atoms with E-state index in [1.54, 1.807) is 0 Å². The summed E-state index contributed by atoms with van der Waals surface area (Å²) in [6.45, 7) is 4.56. The van der Waals surface area contributed by atoms with Gasteiger partial charge in [0.1, 0.15) is 13.2 Å². The Bertz CT molecular complexity index is 1450. The van der Waals surface area contributed by atoms with Crippen LogP contribution < -0.4 is 5.11 Å². The Morgan fingerprint density at radius 2 is 0.826 bits per heavy atom. The lowest BCUT2D eigenvalue weighted by atomic mass is 10.1. The van der Waals surface area contributed by atoms with Crippen LogP contribution in [-0.2, 0) is 33.3 Å². The first-order chi connectivity index (χ1) is 33.6. The second kappa shape index (κ2) is 50.6. The van der Waals surface area contributed by atoms with Crippen molar-refractivity contribution in [2.24, 2.45) is 0 Å². The molecule has 394 valence electrons. The van der Waals surface area contributed by atoms with Gasteiger partial charge in [-0.25, -0.2) is 0 Å². The van der Waals surface area contributed by atoms with Gasteiger partial charge in [-0.15, -0.1) is 0 Å². The van der Waals surface area contributed by atoms with Crippen LogP contribution in [0.5, 0.6) is 0 Å². The number of carbonyl (C=O) groups is 3. The summed E-state index contributed by atoms with van der Waals surface area (Å²) in [5, 5.41) is 11.8. The number of aliphatic carboxylic acids is 1. The second-order valence-electron chi connectivity index (χ2n) is 19.1. The third-order valence-electron chi connectivity index (χ3n) is 11.3. The van der Waals surface area contributed by atoms with E-state index in [0.29, 0.717) is 17.4 Å². The third-order valence-corrected chi connectivity index (χ3v) is 11.3. The van der Waals surface area contributed by atoms with Gasteiger partial charge in [0.2, 0.25) is 0 Å². The number of unbranched alkanes of at least 4 members (excludes halogenated alkanes) is 18. The van der Waals surface area contributed by atoms with E-state index in [-0.39, 0.29) is 38.6 Å². The number of quaternary nitrogens is 1. The van der Waals surface area contributed by atoms with E-state index in [4.69, 9.17) is 18.9 Å². The van der Waals surface area contributed by atoms with Gasteiger partial charge < -0.3 is 33.3 Å². The number of likely N-dealkylation sites (N-methyl/N-ethyl adjacent to an activating group) is 1. The lowest BCUT2D eigenvalue weighted by Gasteiger charge is -2.26. The van der Waals surface area contributed by atoms with Crippen LogP contribution in [0, 0.1) is 0 Å². The predicted octanol–water partition coefficient (Wildman–Crippen LogP) is 14.4. The molecule has 0 saturated carbocycles. The van der Waals surface area contributed by atoms with E-state index in [1.165, 1.54) is 77.0 Å². The molecule has 0 rings (SSSR count). The molecular weight excluding hydrogens is 863 g/mol. The van der Waals surface area contributed by atoms with E-state index in [9.17, 15) is 19.5 Å². The smallest absolute Gasteiger partial charge is 0.306 e. The summed E-state index contributed by atoms with van der Waals surface area (Å²) in [4.78, 5) is 37.2. The fraction of sp³-hybridized carbons (Fsp3) is 0.683. The van der Waals surface area contributed by atoms with Crippen molar-refractivity contribution >= 4 is 17.9 Å². The van der Waals surface area contributed by atoms with Crippen molar-refractivity contribution in [2.45, 2.75) is 219 Å². The largest absolute Gasteiger partial charge is 0.545 e. The summed E-state index contributed by atoms with van der Waals surface area (Å²) in [5.41, 5.74) is 0. The fourth-order valence-electron chi connectivity index (χ4n) is 7.10. The van der Waals surface area contributed by atoms with Crippen molar-refractivity contribution in [3.05, 3.63) is 97.2 Å². The minimum absolute atomic E-state index is 0.135. The molecule has 0 aromatic carbocycles. The molecule has 0 amide bonds. The number of ether oxygens (including phenoxy) is 4. The van der Waals surface area contributed by atoms with Crippen LogP contribution >= 0.6 is 0 Å². The monoisotopic (exact) mass is 964 g/mol. The lowest BCUT2D eigenvalue weighted by molar-refractivity contribution is -0.870. The van der Waals surface area contributed by atoms with Gasteiger partial charge in [0, 0.05) is 12.8 Å². The molecule has 0 aromatic rings. The molecule has 69 heavy (non-hydrogen) atoms. The molecule has 0 aliphatic carbocycles. The predicted molar refractivity (Wildman–Crippen MR) is 287 cm³/mol. The van der Waals surface area contributed by atoms with Crippen LogP contribution in [0.25, 0.3) is 0 Å². The molecular formula is C60H101NO8. The standard InChI is InChI=1S/C60H101NO8/c1-6-8-10-12-14-16-18-20-22-24-26-27-28-29-30-31-33-34-36-38-40-42-44-46-48-50-57(62)67-54-56(55-68-60(59(64)65)66-53-52-61(3,4)5)69-58(63)51-49-47-45-43-41-39-37-35-32-25-23-21-19-17-15-13-11-9-7-2/h9,11,15,17-18,20-21,23-24,26,28-29,32,35,39,41,56,60H,6-8,10,12-14,16,19,22,25,27,30-31,33-34,36-38,40,42-55H2,1-5H3/b11-9-,17-15-,20-18-,23-21-,26-24-,29-28-,35-32-,41-39-. The highest BCUT2D eigenvalue weighted by atomic mass is 16.7. The first-order valence-corrected chi connectivity index (χ1v) is 27.4. The van der Waals surface area contributed by atoms with Crippen LogP contribution in [0.15, 0.2) is 97.2 Å². The van der Waals surface area contributed by atoms with Crippen LogP contribution in [0.4, 0.5) is 0 Å². The molecule has 0 radical (unpaired) electrons. The van der Waals surface area contributed by atoms with Gasteiger partial charge in [0.05, 0.1) is 40.3 Å². The Labute approximate surface area is 422 Å². The van der Waals surface area contributed by atoms with E-state index >= 15 is 0 Å². The highest BCUT2D eigenvalue weighted by molar-refractivity contribution is 5.70. The van der Waals surface area contributed by atoms with Gasteiger partial charge in [-0.2, -0.15) is 0 Å². The van der Waals surface area contributed by atoms with Gasteiger partial charge in [-0.3, -0.25) is 9.59 Å². The molecule has 0 bridgehead atoms. The fourth-order valence-corrected chi connectivity index (χ4v) is 7.10. The van der Waals surface area contributed by atoms with Crippen molar-refractivity contribution in [3.8, 4) is 0 Å². The average molecular weight is 964 g/mol. The van der Waals surface area contributed by atoms with Crippen molar-refractivity contribution in [3.63, 3.8) is 0 Å². The number of carbonyl (C=O) groups excluding carboxylic acids is 3. The maximum atomic E-state index is 12.8. The summed E-state index contributed by atoms with van der Waals surface area (Å²) in [5.74, 6) is -2.34. The van der Waals surface area contributed by atoms with E-state index < -0.39 is 24.3 Å². The summed E-state index contributed by atoms with van der Waals surface area (Å²) in [6, 6.07) is 0. The highest BCUT2D eigenvalue weighted by Gasteiger charge is 2.22. The molecule has 0 N–H and O–H groups in total. The van der Waals surface area contributed by atoms with Gasteiger partial charge in [0.25, 0.3) is 0 Å². The Balaban J connectivity index is 4.35. The summed E-state index contributed by atoms with van der Waals surface area (Å²) >= 11 is 0. The first kappa shape index (κ1) is 65.2. The minimum atomic E-state index is -1.64. The molecule has 0 aliphatic rings. The Hall–Kier alpha value is -3.79. The van der Waals surface area contributed by atoms with Crippen molar-refractivity contribution in [2.75, 3.05) is 47.5 Å². The lowest BCUT2D eigenvalue weighted by Crippen LogP contribution is -2.44. The topological polar surface area (TPSA) is 111 Å². The van der Waals surface area contributed by atoms with Crippen LogP contribution in [-0.4, -0.2) is 82.3 Å². The molecule has 0 aromatic heterocycles. The number of rotatable bonds is 49.